The van der Waals surface area contributed by atoms with Crippen LogP contribution in [-0.2, 0) is 19.8 Å². The number of carbonyl (C=O) groups excluding carboxylic acids is 1. The fourth-order valence-corrected chi connectivity index (χ4v) is 6.35. The molecule has 2 atom stereocenters. The highest BCUT2D eigenvalue weighted by Crippen LogP contribution is 2.42. The number of rotatable bonds is 9. The average molecular weight is 545 g/mol. The molecular formula is C28H36N2O7S. The standard InChI is InChI=1S/C28H36N2O7S/c1-19-6-4-9-24(20-10-11-20)27(19)28(31)30-17-25(34-3)26(18-30)36-22-7-5-8-23(16-22)37-38(32,33)29(2)21-12-14-35-15-13-21/h4-9,16,20-21,25-26H,10-15,17-18H2,1-3H3/t25-,26-/m1/s1. The molecule has 0 bridgehead atoms. The first-order chi connectivity index (χ1) is 18.3. The molecule has 2 aliphatic heterocycles. The zero-order valence-electron chi connectivity index (χ0n) is 22.2. The van der Waals surface area contributed by atoms with Gasteiger partial charge in [-0.2, -0.15) is 12.7 Å². The highest BCUT2D eigenvalue weighted by atomic mass is 32.2. The van der Waals surface area contributed by atoms with Crippen molar-refractivity contribution in [3.63, 3.8) is 0 Å². The summed E-state index contributed by atoms with van der Waals surface area (Å²) in [6, 6.07) is 12.5. The summed E-state index contributed by atoms with van der Waals surface area (Å²) < 4.78 is 49.7. The minimum Gasteiger partial charge on any atom is -0.486 e. The number of benzene rings is 2. The van der Waals surface area contributed by atoms with E-state index in [2.05, 4.69) is 6.07 Å². The van der Waals surface area contributed by atoms with E-state index in [0.29, 0.717) is 50.8 Å². The van der Waals surface area contributed by atoms with Crippen molar-refractivity contribution in [3.8, 4) is 11.5 Å². The normalized spacial score (nSPS) is 22.6. The van der Waals surface area contributed by atoms with Gasteiger partial charge in [0.1, 0.15) is 23.7 Å². The predicted molar refractivity (Wildman–Crippen MR) is 142 cm³/mol. The number of hydrogen-bond donors (Lipinski definition) is 0. The summed E-state index contributed by atoms with van der Waals surface area (Å²) in [5.74, 6) is 1.07. The lowest BCUT2D eigenvalue weighted by Gasteiger charge is -2.29. The molecule has 1 amide bonds. The van der Waals surface area contributed by atoms with Crippen LogP contribution in [0.2, 0.25) is 0 Å². The van der Waals surface area contributed by atoms with Gasteiger partial charge in [0.2, 0.25) is 0 Å². The lowest BCUT2D eigenvalue weighted by molar-refractivity contribution is 0.0339. The Kier molecular flexibility index (Phi) is 7.95. The molecule has 206 valence electrons. The van der Waals surface area contributed by atoms with E-state index in [1.807, 2.05) is 19.1 Å². The van der Waals surface area contributed by atoms with Gasteiger partial charge in [-0.25, -0.2) is 0 Å². The summed E-state index contributed by atoms with van der Waals surface area (Å²) in [6.07, 6.45) is 2.77. The lowest BCUT2D eigenvalue weighted by Crippen LogP contribution is -2.42. The van der Waals surface area contributed by atoms with E-state index in [1.54, 1.807) is 36.3 Å². The molecule has 3 aliphatic rings. The van der Waals surface area contributed by atoms with E-state index < -0.39 is 16.4 Å². The van der Waals surface area contributed by atoms with Crippen LogP contribution >= 0.6 is 0 Å². The van der Waals surface area contributed by atoms with Gasteiger partial charge in [0, 0.05) is 45.0 Å². The number of aryl methyl sites for hydroxylation is 1. The van der Waals surface area contributed by atoms with E-state index in [1.165, 1.54) is 11.4 Å². The van der Waals surface area contributed by atoms with Gasteiger partial charge in [0.25, 0.3) is 5.91 Å². The maximum atomic E-state index is 13.6. The second-order valence-corrected chi connectivity index (χ2v) is 11.9. The molecule has 2 saturated heterocycles. The third kappa shape index (κ3) is 5.83. The van der Waals surface area contributed by atoms with Crippen LogP contribution < -0.4 is 8.92 Å². The Morgan fingerprint density at radius 1 is 1.00 bits per heavy atom. The summed E-state index contributed by atoms with van der Waals surface area (Å²) >= 11 is 0. The van der Waals surface area contributed by atoms with E-state index in [0.717, 1.165) is 29.5 Å². The monoisotopic (exact) mass is 544 g/mol. The van der Waals surface area contributed by atoms with Crippen molar-refractivity contribution < 1.29 is 31.6 Å². The molecule has 1 saturated carbocycles. The fraction of sp³-hybridized carbons (Fsp3) is 0.536. The van der Waals surface area contributed by atoms with Crippen molar-refractivity contribution in [1.82, 2.24) is 9.21 Å². The molecule has 0 aromatic heterocycles. The van der Waals surface area contributed by atoms with Crippen molar-refractivity contribution in [3.05, 3.63) is 59.2 Å². The number of carbonyl (C=O) groups is 1. The van der Waals surface area contributed by atoms with Crippen molar-refractivity contribution >= 4 is 16.2 Å². The molecule has 38 heavy (non-hydrogen) atoms. The van der Waals surface area contributed by atoms with Crippen molar-refractivity contribution in [2.75, 3.05) is 40.5 Å². The van der Waals surface area contributed by atoms with Crippen molar-refractivity contribution in [1.29, 1.82) is 0 Å². The summed E-state index contributed by atoms with van der Waals surface area (Å²) in [5, 5.41) is 0. The third-order valence-corrected chi connectivity index (χ3v) is 9.10. The minimum atomic E-state index is -3.99. The highest BCUT2D eigenvalue weighted by Gasteiger charge is 2.39. The number of amides is 1. The van der Waals surface area contributed by atoms with E-state index in [9.17, 15) is 13.2 Å². The Bertz CT molecular complexity index is 1260. The van der Waals surface area contributed by atoms with Gasteiger partial charge in [-0.3, -0.25) is 4.79 Å². The molecule has 0 N–H and O–H groups in total. The highest BCUT2D eigenvalue weighted by molar-refractivity contribution is 7.84. The minimum absolute atomic E-state index is 0.00234. The second kappa shape index (κ2) is 11.2. The van der Waals surface area contributed by atoms with Crippen LogP contribution in [0.15, 0.2) is 42.5 Å². The van der Waals surface area contributed by atoms with Crippen LogP contribution in [0.3, 0.4) is 0 Å². The Morgan fingerprint density at radius 2 is 1.68 bits per heavy atom. The number of likely N-dealkylation sites (tertiary alicyclic amines) is 1. The maximum absolute atomic E-state index is 13.6. The predicted octanol–water partition coefficient (Wildman–Crippen LogP) is 3.53. The van der Waals surface area contributed by atoms with Gasteiger partial charge in [-0.05, 0) is 61.8 Å². The van der Waals surface area contributed by atoms with E-state index in [4.69, 9.17) is 18.4 Å². The summed E-state index contributed by atoms with van der Waals surface area (Å²) in [5.41, 5.74) is 2.90. The Labute approximate surface area is 224 Å². The summed E-state index contributed by atoms with van der Waals surface area (Å²) in [4.78, 5) is 15.4. The maximum Gasteiger partial charge on any atom is 0.385 e. The van der Waals surface area contributed by atoms with Crippen LogP contribution in [0.5, 0.6) is 11.5 Å². The number of nitrogens with zero attached hydrogens (tertiary/aromatic N) is 2. The van der Waals surface area contributed by atoms with Crippen molar-refractivity contribution in [2.24, 2.45) is 0 Å². The molecule has 1 aliphatic carbocycles. The molecule has 2 aromatic rings. The van der Waals surface area contributed by atoms with Gasteiger partial charge >= 0.3 is 10.3 Å². The molecule has 2 aromatic carbocycles. The topological polar surface area (TPSA) is 94.6 Å². The van der Waals surface area contributed by atoms with Crippen LogP contribution in [0.4, 0.5) is 0 Å². The van der Waals surface area contributed by atoms with Gasteiger partial charge in [-0.1, -0.05) is 24.3 Å². The van der Waals surface area contributed by atoms with Crippen LogP contribution in [0.1, 0.15) is 53.1 Å². The molecule has 0 unspecified atom stereocenters. The first-order valence-electron chi connectivity index (χ1n) is 13.2. The average Bonchev–Trinajstić information content (AvgIpc) is 3.68. The SMILES string of the molecule is CO[C@@H]1CN(C(=O)c2c(C)cccc2C2CC2)C[C@H]1Oc1cccc(OS(=O)(=O)N(C)C2CCOCC2)c1. The van der Waals surface area contributed by atoms with Crippen LogP contribution in [-0.4, -0.2) is 82.2 Å². The third-order valence-electron chi connectivity index (χ3n) is 7.69. The Hall–Kier alpha value is -2.66. The molecule has 0 spiro atoms. The smallest absolute Gasteiger partial charge is 0.385 e. The van der Waals surface area contributed by atoms with Gasteiger partial charge in [0.05, 0.1) is 13.1 Å². The molecule has 10 heteroatoms. The van der Waals surface area contributed by atoms with E-state index >= 15 is 0 Å². The quantitative estimate of drug-likeness (QED) is 0.477. The zero-order chi connectivity index (χ0) is 26.9. The number of ether oxygens (including phenoxy) is 3. The molecule has 0 radical (unpaired) electrons. The molecule has 3 fully saturated rings. The molecule has 9 nitrogen and oxygen atoms in total. The van der Waals surface area contributed by atoms with Crippen LogP contribution in [0, 0.1) is 6.92 Å². The van der Waals surface area contributed by atoms with Crippen molar-refractivity contribution in [2.45, 2.75) is 56.8 Å². The fourth-order valence-electron chi connectivity index (χ4n) is 5.31. The Morgan fingerprint density at radius 3 is 2.39 bits per heavy atom. The first kappa shape index (κ1) is 26.9. The van der Waals surface area contributed by atoms with E-state index in [-0.39, 0.29) is 23.8 Å². The Balaban J connectivity index is 1.27. The lowest BCUT2D eigenvalue weighted by atomic mass is 9.97. The number of hydrogen-bond acceptors (Lipinski definition) is 7. The second-order valence-electron chi connectivity index (χ2n) is 10.3. The molecular weight excluding hydrogens is 508 g/mol. The van der Waals surface area contributed by atoms with Crippen LogP contribution in [0.25, 0.3) is 0 Å². The van der Waals surface area contributed by atoms with Gasteiger partial charge in [0.15, 0.2) is 0 Å². The zero-order valence-corrected chi connectivity index (χ0v) is 23.0. The van der Waals surface area contributed by atoms with Gasteiger partial charge < -0.3 is 23.3 Å². The van der Waals surface area contributed by atoms with Gasteiger partial charge in [-0.15, -0.1) is 0 Å². The summed E-state index contributed by atoms with van der Waals surface area (Å²) in [6.45, 7) is 3.82. The first-order valence-corrected chi connectivity index (χ1v) is 14.6. The molecule has 5 rings (SSSR count). The largest absolute Gasteiger partial charge is 0.486 e. The number of methoxy groups -OCH3 is 1. The molecule has 2 heterocycles. The summed E-state index contributed by atoms with van der Waals surface area (Å²) in [7, 11) is -0.851.